The lowest BCUT2D eigenvalue weighted by atomic mass is 9.96. The molecular weight excluding hydrogens is 286 g/mol. The number of hydrogen-bond acceptors (Lipinski definition) is 3. The Labute approximate surface area is 119 Å². The van der Waals surface area contributed by atoms with Crippen LogP contribution in [0.3, 0.4) is 0 Å². The molecule has 1 N–H and O–H groups in total. The molecule has 0 amide bonds. The van der Waals surface area contributed by atoms with Gasteiger partial charge >= 0.3 is 0 Å². The van der Waals surface area contributed by atoms with E-state index in [-0.39, 0.29) is 11.8 Å². The lowest BCUT2D eigenvalue weighted by Crippen LogP contribution is -2.41. The zero-order chi connectivity index (χ0) is 14.1. The molecule has 1 aliphatic carbocycles. The SMILES string of the molecule is COC(C)(CNS(=O)(=O)C1CC1)c1cccc(Cl)c1. The molecule has 1 unspecified atom stereocenters. The Morgan fingerprint density at radius 3 is 2.68 bits per heavy atom. The summed E-state index contributed by atoms with van der Waals surface area (Å²) in [5.74, 6) is 0. The molecule has 4 nitrogen and oxygen atoms in total. The second-order valence-corrected chi connectivity index (χ2v) is 7.49. The standard InChI is InChI=1S/C13H18ClNO3S/c1-13(18-2,10-4-3-5-11(14)8-10)9-15-19(16,17)12-6-7-12/h3-5,8,12,15H,6-7,9H2,1-2H3. The van der Waals surface area contributed by atoms with Crippen molar-refractivity contribution in [1.82, 2.24) is 4.72 Å². The van der Waals surface area contributed by atoms with Crippen LogP contribution in [0, 0.1) is 0 Å². The van der Waals surface area contributed by atoms with E-state index >= 15 is 0 Å². The predicted octanol–water partition coefficient (Wildman–Crippen LogP) is 2.28. The summed E-state index contributed by atoms with van der Waals surface area (Å²) >= 11 is 5.96. The fourth-order valence-corrected chi connectivity index (χ4v) is 3.50. The fraction of sp³-hybridized carbons (Fsp3) is 0.538. The van der Waals surface area contributed by atoms with Crippen molar-refractivity contribution >= 4 is 21.6 Å². The molecule has 1 saturated carbocycles. The van der Waals surface area contributed by atoms with Crippen LogP contribution in [-0.2, 0) is 20.4 Å². The molecule has 2 rings (SSSR count). The summed E-state index contributed by atoms with van der Waals surface area (Å²) in [5, 5.41) is 0.374. The molecule has 1 atom stereocenters. The van der Waals surface area contributed by atoms with Gasteiger partial charge in [0.15, 0.2) is 0 Å². The second kappa shape index (κ2) is 5.40. The van der Waals surface area contributed by atoms with Gasteiger partial charge in [0, 0.05) is 18.7 Å². The number of halogens is 1. The minimum atomic E-state index is -3.21. The van der Waals surface area contributed by atoms with E-state index in [0.29, 0.717) is 5.02 Å². The number of benzene rings is 1. The third-order valence-electron chi connectivity index (χ3n) is 3.46. The summed E-state index contributed by atoms with van der Waals surface area (Å²) in [6.07, 6.45) is 1.49. The molecule has 1 fully saturated rings. The first-order chi connectivity index (χ1) is 8.87. The fourth-order valence-electron chi connectivity index (χ4n) is 1.84. The Hall–Kier alpha value is -0.620. The van der Waals surface area contributed by atoms with Gasteiger partial charge in [-0.25, -0.2) is 13.1 Å². The molecule has 0 heterocycles. The van der Waals surface area contributed by atoms with E-state index in [2.05, 4.69) is 4.72 Å². The molecule has 0 spiro atoms. The van der Waals surface area contributed by atoms with E-state index in [0.717, 1.165) is 18.4 Å². The van der Waals surface area contributed by atoms with Crippen molar-refractivity contribution in [2.75, 3.05) is 13.7 Å². The van der Waals surface area contributed by atoms with E-state index in [1.165, 1.54) is 0 Å². The van der Waals surface area contributed by atoms with Gasteiger partial charge in [0.2, 0.25) is 10.0 Å². The second-order valence-electron chi connectivity index (χ2n) is 5.01. The van der Waals surface area contributed by atoms with E-state index in [4.69, 9.17) is 16.3 Å². The van der Waals surface area contributed by atoms with E-state index in [1.54, 1.807) is 19.2 Å². The highest BCUT2D eigenvalue weighted by atomic mass is 35.5. The lowest BCUT2D eigenvalue weighted by molar-refractivity contribution is 0.00698. The number of ether oxygens (including phenoxy) is 1. The summed E-state index contributed by atoms with van der Waals surface area (Å²) in [6, 6.07) is 7.26. The van der Waals surface area contributed by atoms with Gasteiger partial charge in [-0.15, -0.1) is 0 Å². The largest absolute Gasteiger partial charge is 0.372 e. The number of hydrogen-bond donors (Lipinski definition) is 1. The van der Waals surface area contributed by atoms with Crippen LogP contribution in [0.15, 0.2) is 24.3 Å². The molecular formula is C13H18ClNO3S. The highest BCUT2D eigenvalue weighted by molar-refractivity contribution is 7.90. The smallest absolute Gasteiger partial charge is 0.214 e. The molecule has 0 saturated heterocycles. The highest BCUT2D eigenvalue weighted by Crippen LogP contribution is 2.30. The Bertz CT molecular complexity index is 557. The third-order valence-corrected chi connectivity index (χ3v) is 5.59. The van der Waals surface area contributed by atoms with Gasteiger partial charge in [-0.05, 0) is 37.5 Å². The van der Waals surface area contributed by atoms with Crippen LogP contribution in [0.25, 0.3) is 0 Å². The van der Waals surface area contributed by atoms with Crippen molar-refractivity contribution in [3.05, 3.63) is 34.9 Å². The average Bonchev–Trinajstić information content (AvgIpc) is 3.21. The van der Waals surface area contributed by atoms with Crippen molar-refractivity contribution < 1.29 is 13.2 Å². The molecule has 1 aromatic carbocycles. The first kappa shape index (κ1) is 14.8. The van der Waals surface area contributed by atoms with Gasteiger partial charge in [0.05, 0.1) is 5.25 Å². The minimum absolute atomic E-state index is 0.197. The molecule has 1 aromatic rings. The van der Waals surface area contributed by atoms with Crippen LogP contribution in [0.4, 0.5) is 0 Å². The zero-order valence-electron chi connectivity index (χ0n) is 11.0. The van der Waals surface area contributed by atoms with Gasteiger partial charge in [0.25, 0.3) is 0 Å². The maximum atomic E-state index is 11.9. The number of rotatable bonds is 6. The van der Waals surface area contributed by atoms with Gasteiger partial charge in [-0.1, -0.05) is 23.7 Å². The van der Waals surface area contributed by atoms with Crippen molar-refractivity contribution in [1.29, 1.82) is 0 Å². The topological polar surface area (TPSA) is 55.4 Å². The van der Waals surface area contributed by atoms with Crippen LogP contribution in [-0.4, -0.2) is 27.3 Å². The van der Waals surface area contributed by atoms with Crippen molar-refractivity contribution in [2.45, 2.75) is 30.6 Å². The molecule has 6 heteroatoms. The predicted molar refractivity (Wildman–Crippen MR) is 75.8 cm³/mol. The molecule has 19 heavy (non-hydrogen) atoms. The first-order valence-corrected chi connectivity index (χ1v) is 8.09. The third kappa shape index (κ3) is 3.48. The summed E-state index contributed by atoms with van der Waals surface area (Å²) in [6.45, 7) is 2.04. The van der Waals surface area contributed by atoms with Crippen molar-refractivity contribution in [2.24, 2.45) is 0 Å². The maximum Gasteiger partial charge on any atom is 0.214 e. The molecule has 0 aromatic heterocycles. The Kier molecular flexibility index (Phi) is 4.20. The van der Waals surface area contributed by atoms with Gasteiger partial charge in [-0.3, -0.25) is 0 Å². The molecule has 1 aliphatic rings. The van der Waals surface area contributed by atoms with Crippen molar-refractivity contribution in [3.63, 3.8) is 0 Å². The Morgan fingerprint density at radius 2 is 2.16 bits per heavy atom. The van der Waals surface area contributed by atoms with Crippen LogP contribution >= 0.6 is 11.6 Å². The maximum absolute atomic E-state index is 11.9. The Balaban J connectivity index is 2.14. The van der Waals surface area contributed by atoms with Crippen LogP contribution in [0.2, 0.25) is 5.02 Å². The minimum Gasteiger partial charge on any atom is -0.372 e. The molecule has 106 valence electrons. The Morgan fingerprint density at radius 1 is 1.47 bits per heavy atom. The normalized spacial score (nSPS) is 19.1. The van der Waals surface area contributed by atoms with E-state index < -0.39 is 15.6 Å². The monoisotopic (exact) mass is 303 g/mol. The lowest BCUT2D eigenvalue weighted by Gasteiger charge is -2.29. The van der Waals surface area contributed by atoms with E-state index in [1.807, 2.05) is 19.1 Å². The van der Waals surface area contributed by atoms with Crippen LogP contribution in [0.1, 0.15) is 25.3 Å². The molecule has 0 aliphatic heterocycles. The number of methoxy groups -OCH3 is 1. The zero-order valence-corrected chi connectivity index (χ0v) is 12.6. The summed E-state index contributed by atoms with van der Waals surface area (Å²) in [4.78, 5) is 0. The van der Waals surface area contributed by atoms with Crippen molar-refractivity contribution in [3.8, 4) is 0 Å². The average molecular weight is 304 g/mol. The van der Waals surface area contributed by atoms with Gasteiger partial charge in [0.1, 0.15) is 5.60 Å². The van der Waals surface area contributed by atoms with Crippen LogP contribution < -0.4 is 4.72 Å². The molecule has 0 radical (unpaired) electrons. The summed E-state index contributed by atoms with van der Waals surface area (Å²) < 4.78 is 31.8. The van der Waals surface area contributed by atoms with Gasteiger partial charge < -0.3 is 4.74 Å². The summed E-state index contributed by atoms with van der Waals surface area (Å²) in [5.41, 5.74) is 0.119. The first-order valence-electron chi connectivity index (χ1n) is 6.17. The number of sulfonamides is 1. The quantitative estimate of drug-likeness (QED) is 0.877. The highest BCUT2D eigenvalue weighted by Gasteiger charge is 2.37. The van der Waals surface area contributed by atoms with E-state index in [9.17, 15) is 8.42 Å². The molecule has 0 bridgehead atoms. The van der Waals surface area contributed by atoms with Gasteiger partial charge in [-0.2, -0.15) is 0 Å². The summed E-state index contributed by atoms with van der Waals surface area (Å²) in [7, 11) is -1.65. The number of nitrogens with one attached hydrogen (secondary N) is 1. The van der Waals surface area contributed by atoms with Crippen LogP contribution in [0.5, 0.6) is 0 Å².